The van der Waals surface area contributed by atoms with Gasteiger partial charge in [0.15, 0.2) is 0 Å². The Hall–Kier alpha value is -1.23. The molecule has 0 spiro atoms. The first-order valence-corrected chi connectivity index (χ1v) is 7.11. The number of hydrogen-bond donors (Lipinski definition) is 1. The molecule has 2 rings (SSSR count). The highest BCUT2D eigenvalue weighted by Gasteiger charge is 2.30. The lowest BCUT2D eigenvalue weighted by Crippen LogP contribution is -2.27. The Bertz CT molecular complexity index is 395. The Kier molecular flexibility index (Phi) is 5.29. The summed E-state index contributed by atoms with van der Waals surface area (Å²) in [6, 6.07) is 6.59. The van der Waals surface area contributed by atoms with Crippen LogP contribution in [0.5, 0.6) is 5.75 Å². The lowest BCUT2D eigenvalue weighted by atomic mass is 10.1. The van der Waals surface area contributed by atoms with Crippen molar-refractivity contribution in [1.82, 2.24) is 5.32 Å². The summed E-state index contributed by atoms with van der Waals surface area (Å²) in [6.45, 7) is 0.691. The minimum absolute atomic E-state index is 0.171. The molecular formula is C15H20F3NO. The fraction of sp³-hybridized carbons (Fsp3) is 0.600. The molecule has 0 aromatic heterocycles. The molecule has 5 heteroatoms. The van der Waals surface area contributed by atoms with Crippen LogP contribution >= 0.6 is 0 Å². The molecule has 1 saturated carbocycles. The van der Waals surface area contributed by atoms with Gasteiger partial charge in [0.25, 0.3) is 0 Å². The largest absolute Gasteiger partial charge is 0.573 e. The average molecular weight is 287 g/mol. The first-order valence-electron chi connectivity index (χ1n) is 7.11. The van der Waals surface area contributed by atoms with Crippen molar-refractivity contribution >= 4 is 0 Å². The predicted molar refractivity (Wildman–Crippen MR) is 71.5 cm³/mol. The molecule has 1 N–H and O–H groups in total. The maximum absolute atomic E-state index is 12.0. The second kappa shape index (κ2) is 6.97. The topological polar surface area (TPSA) is 21.3 Å². The van der Waals surface area contributed by atoms with E-state index in [-0.39, 0.29) is 5.75 Å². The zero-order valence-electron chi connectivity index (χ0n) is 11.4. The summed E-state index contributed by atoms with van der Waals surface area (Å²) in [5.41, 5.74) is 0.976. The first kappa shape index (κ1) is 15.2. The normalized spacial score (nSPS) is 17.8. The van der Waals surface area contributed by atoms with Gasteiger partial charge in [0.1, 0.15) is 5.75 Å². The average Bonchev–Trinajstić information content (AvgIpc) is 2.65. The molecule has 0 atom stereocenters. The van der Waals surface area contributed by atoms with Crippen LogP contribution in [0, 0.1) is 0 Å². The van der Waals surface area contributed by atoms with Crippen molar-refractivity contribution in [2.75, 3.05) is 0 Å². The van der Waals surface area contributed by atoms with E-state index in [1.807, 2.05) is 0 Å². The number of alkyl halides is 3. The van der Waals surface area contributed by atoms with E-state index in [0.29, 0.717) is 12.6 Å². The van der Waals surface area contributed by atoms with Crippen LogP contribution in [0.4, 0.5) is 13.2 Å². The summed E-state index contributed by atoms with van der Waals surface area (Å²) < 4.78 is 40.0. The van der Waals surface area contributed by atoms with Gasteiger partial charge in [0.05, 0.1) is 0 Å². The zero-order valence-corrected chi connectivity index (χ0v) is 11.4. The van der Waals surface area contributed by atoms with Crippen LogP contribution in [0.3, 0.4) is 0 Å². The molecule has 1 aliphatic rings. The molecule has 0 bridgehead atoms. The Balaban J connectivity index is 1.81. The summed E-state index contributed by atoms with van der Waals surface area (Å²) in [5, 5.41) is 3.48. The summed E-state index contributed by atoms with van der Waals surface area (Å²) in [4.78, 5) is 0. The number of ether oxygens (including phenoxy) is 1. The lowest BCUT2D eigenvalue weighted by molar-refractivity contribution is -0.274. The zero-order chi connectivity index (χ0) is 14.4. The van der Waals surface area contributed by atoms with E-state index in [0.717, 1.165) is 5.56 Å². The molecule has 1 fully saturated rings. The van der Waals surface area contributed by atoms with Crippen LogP contribution < -0.4 is 10.1 Å². The van der Waals surface area contributed by atoms with Crippen LogP contribution in [0.2, 0.25) is 0 Å². The fourth-order valence-corrected chi connectivity index (χ4v) is 2.55. The highest BCUT2D eigenvalue weighted by Crippen LogP contribution is 2.23. The summed E-state index contributed by atoms with van der Waals surface area (Å²) in [6.07, 6.45) is 2.89. The Morgan fingerprint density at radius 3 is 2.15 bits per heavy atom. The predicted octanol–water partition coefficient (Wildman–Crippen LogP) is 4.40. The number of halogens is 3. The van der Waals surface area contributed by atoms with Crippen LogP contribution in [0.25, 0.3) is 0 Å². The van der Waals surface area contributed by atoms with Gasteiger partial charge in [-0.3, -0.25) is 0 Å². The molecule has 0 aliphatic heterocycles. The van der Waals surface area contributed by atoms with Gasteiger partial charge in [-0.2, -0.15) is 0 Å². The number of benzene rings is 1. The van der Waals surface area contributed by atoms with E-state index < -0.39 is 6.36 Å². The van der Waals surface area contributed by atoms with Gasteiger partial charge in [-0.15, -0.1) is 13.2 Å². The second-order valence-electron chi connectivity index (χ2n) is 5.26. The van der Waals surface area contributed by atoms with Crippen molar-refractivity contribution in [3.05, 3.63) is 29.8 Å². The molecule has 1 aromatic rings. The van der Waals surface area contributed by atoms with Crippen LogP contribution in [0.1, 0.15) is 44.1 Å². The smallest absolute Gasteiger partial charge is 0.406 e. The molecule has 20 heavy (non-hydrogen) atoms. The third-order valence-electron chi connectivity index (χ3n) is 3.61. The second-order valence-corrected chi connectivity index (χ2v) is 5.26. The molecule has 0 radical (unpaired) electrons. The quantitative estimate of drug-likeness (QED) is 0.829. The molecule has 0 amide bonds. The van der Waals surface area contributed by atoms with Crippen molar-refractivity contribution in [3.8, 4) is 5.75 Å². The minimum atomic E-state index is -4.62. The van der Waals surface area contributed by atoms with Crippen molar-refractivity contribution in [2.24, 2.45) is 0 Å². The summed E-state index contributed by atoms with van der Waals surface area (Å²) >= 11 is 0. The van der Waals surface area contributed by atoms with Crippen LogP contribution in [-0.2, 0) is 6.54 Å². The van der Waals surface area contributed by atoms with E-state index in [1.165, 1.54) is 50.7 Å². The first-order chi connectivity index (χ1) is 9.53. The van der Waals surface area contributed by atoms with Crippen LogP contribution in [0.15, 0.2) is 24.3 Å². The Labute approximate surface area is 117 Å². The van der Waals surface area contributed by atoms with E-state index in [1.54, 1.807) is 12.1 Å². The van der Waals surface area contributed by atoms with Crippen LogP contribution in [-0.4, -0.2) is 12.4 Å². The van der Waals surface area contributed by atoms with Gasteiger partial charge in [0, 0.05) is 12.6 Å². The van der Waals surface area contributed by atoms with E-state index >= 15 is 0 Å². The standard InChI is InChI=1S/C15H20F3NO/c16-15(17,18)20-14-9-7-12(8-10-14)11-19-13-5-3-1-2-4-6-13/h7-10,13,19H,1-6,11H2. The van der Waals surface area contributed by atoms with Crippen molar-refractivity contribution in [1.29, 1.82) is 0 Å². The highest BCUT2D eigenvalue weighted by molar-refractivity contribution is 5.27. The Morgan fingerprint density at radius 2 is 1.60 bits per heavy atom. The van der Waals surface area contributed by atoms with E-state index in [4.69, 9.17) is 0 Å². The van der Waals surface area contributed by atoms with Crippen molar-refractivity contribution < 1.29 is 17.9 Å². The molecule has 0 heterocycles. The van der Waals surface area contributed by atoms with Gasteiger partial charge in [0.2, 0.25) is 0 Å². The molecule has 2 nitrogen and oxygen atoms in total. The van der Waals surface area contributed by atoms with Gasteiger partial charge in [-0.1, -0.05) is 37.8 Å². The Morgan fingerprint density at radius 1 is 1.00 bits per heavy atom. The van der Waals surface area contributed by atoms with E-state index in [9.17, 15) is 13.2 Å². The van der Waals surface area contributed by atoms with Gasteiger partial charge < -0.3 is 10.1 Å². The minimum Gasteiger partial charge on any atom is -0.406 e. The third-order valence-corrected chi connectivity index (χ3v) is 3.61. The summed E-state index contributed by atoms with van der Waals surface area (Å²) in [7, 11) is 0. The van der Waals surface area contributed by atoms with Gasteiger partial charge >= 0.3 is 6.36 Å². The number of rotatable bonds is 4. The van der Waals surface area contributed by atoms with Gasteiger partial charge in [-0.25, -0.2) is 0 Å². The SMILES string of the molecule is FC(F)(F)Oc1ccc(CNC2CCCCCC2)cc1. The molecule has 0 saturated heterocycles. The molecular weight excluding hydrogens is 267 g/mol. The number of hydrogen-bond acceptors (Lipinski definition) is 2. The summed E-state index contributed by atoms with van der Waals surface area (Å²) in [5.74, 6) is -0.171. The molecule has 1 aliphatic carbocycles. The van der Waals surface area contributed by atoms with Gasteiger partial charge in [-0.05, 0) is 30.5 Å². The van der Waals surface area contributed by atoms with Crippen molar-refractivity contribution in [2.45, 2.75) is 57.5 Å². The molecule has 112 valence electrons. The fourth-order valence-electron chi connectivity index (χ4n) is 2.55. The molecule has 0 unspecified atom stereocenters. The highest BCUT2D eigenvalue weighted by atomic mass is 19.4. The lowest BCUT2D eigenvalue weighted by Gasteiger charge is -2.16. The molecule has 1 aromatic carbocycles. The monoisotopic (exact) mass is 287 g/mol. The third kappa shape index (κ3) is 5.41. The van der Waals surface area contributed by atoms with E-state index in [2.05, 4.69) is 10.1 Å². The number of nitrogens with one attached hydrogen (secondary N) is 1. The van der Waals surface area contributed by atoms with Crippen molar-refractivity contribution in [3.63, 3.8) is 0 Å². The maximum Gasteiger partial charge on any atom is 0.573 e. The maximum atomic E-state index is 12.0.